The number of anilines is 2. The van der Waals surface area contributed by atoms with Crippen molar-refractivity contribution in [1.82, 2.24) is 14.5 Å². The van der Waals surface area contributed by atoms with Crippen LogP contribution < -0.4 is 21.9 Å². The molecule has 0 aliphatic heterocycles. The number of nitrogen functional groups attached to an aromatic ring is 1. The Morgan fingerprint density at radius 2 is 2.07 bits per heavy atom. The molecule has 3 N–H and O–H groups in total. The van der Waals surface area contributed by atoms with Crippen molar-refractivity contribution in [3.05, 3.63) is 56.2 Å². The first-order valence-corrected chi connectivity index (χ1v) is 10.3. The molecule has 2 aromatic heterocycles. The van der Waals surface area contributed by atoms with Crippen molar-refractivity contribution in [2.24, 2.45) is 0 Å². The number of hydrogen-bond acceptors (Lipinski definition) is 6. The number of carbonyl (C=O) groups excluding carboxylic acids is 1. The highest BCUT2D eigenvalue weighted by Crippen LogP contribution is 2.23. The highest BCUT2D eigenvalue weighted by molar-refractivity contribution is 7.19. The summed E-state index contributed by atoms with van der Waals surface area (Å²) in [7, 11) is 0. The predicted molar refractivity (Wildman–Crippen MR) is 117 cm³/mol. The first-order chi connectivity index (χ1) is 14.0. The first-order valence-electron chi connectivity index (χ1n) is 9.44. The molecule has 0 unspecified atom stereocenters. The number of nitrogens with two attached hydrogens (primary N) is 1. The van der Waals surface area contributed by atoms with Crippen molar-refractivity contribution in [3.63, 3.8) is 0 Å². The fourth-order valence-corrected chi connectivity index (χ4v) is 3.86. The van der Waals surface area contributed by atoms with Crippen LogP contribution in [0.5, 0.6) is 0 Å². The fraction of sp³-hybridized carbons (Fsp3) is 0.300. The van der Waals surface area contributed by atoms with Crippen LogP contribution in [-0.4, -0.2) is 27.0 Å². The van der Waals surface area contributed by atoms with Crippen molar-refractivity contribution in [1.29, 1.82) is 0 Å². The Bertz CT molecular complexity index is 1140. The molecule has 3 rings (SSSR count). The van der Waals surface area contributed by atoms with E-state index in [2.05, 4.69) is 9.97 Å². The van der Waals surface area contributed by atoms with Crippen LogP contribution in [0.3, 0.4) is 0 Å². The lowest BCUT2D eigenvalue weighted by molar-refractivity contribution is -0.114. The summed E-state index contributed by atoms with van der Waals surface area (Å²) in [5.74, 6) is -0.416. The van der Waals surface area contributed by atoms with Crippen molar-refractivity contribution in [3.8, 4) is 0 Å². The van der Waals surface area contributed by atoms with Gasteiger partial charge in [0.25, 0.3) is 11.5 Å². The number of aromatic nitrogens is 3. The van der Waals surface area contributed by atoms with Gasteiger partial charge in [-0.3, -0.25) is 19.1 Å². The van der Waals surface area contributed by atoms with E-state index in [1.807, 2.05) is 31.2 Å². The molecule has 1 amide bonds. The maximum absolute atomic E-state index is 12.8. The van der Waals surface area contributed by atoms with Gasteiger partial charge in [0.1, 0.15) is 10.8 Å². The lowest BCUT2D eigenvalue weighted by atomic mass is 10.3. The topological polar surface area (TPSA) is 114 Å². The Balaban J connectivity index is 1.93. The predicted octanol–water partition coefficient (Wildman–Crippen LogP) is 2.59. The monoisotopic (exact) mass is 413 g/mol. The van der Waals surface area contributed by atoms with E-state index < -0.39 is 17.2 Å². The lowest BCUT2D eigenvalue weighted by Crippen LogP contribution is -2.40. The SMILES string of the molecule is CCCCn1c(N)c(N(CC)C(=O)/C=C/c2nc3ccccc3s2)c(=O)[nH]c1=O. The summed E-state index contributed by atoms with van der Waals surface area (Å²) in [6.45, 7) is 4.33. The van der Waals surface area contributed by atoms with Gasteiger partial charge in [-0.1, -0.05) is 25.5 Å². The smallest absolute Gasteiger partial charge is 0.330 e. The molecule has 0 fully saturated rings. The van der Waals surface area contributed by atoms with E-state index >= 15 is 0 Å². The number of rotatable bonds is 7. The molecular formula is C20H23N5O3S. The van der Waals surface area contributed by atoms with Crippen molar-refractivity contribution in [2.75, 3.05) is 17.2 Å². The summed E-state index contributed by atoms with van der Waals surface area (Å²) in [5.41, 5.74) is 5.71. The molecule has 1 aromatic carbocycles. The van der Waals surface area contributed by atoms with E-state index in [-0.39, 0.29) is 18.1 Å². The largest absolute Gasteiger partial charge is 0.383 e. The Labute approximate surface area is 171 Å². The second-order valence-electron chi connectivity index (χ2n) is 6.43. The molecule has 0 spiro atoms. The van der Waals surface area contributed by atoms with Crippen LogP contribution in [0.2, 0.25) is 0 Å². The van der Waals surface area contributed by atoms with E-state index in [0.29, 0.717) is 11.6 Å². The molecule has 152 valence electrons. The molecule has 0 bridgehead atoms. The van der Waals surface area contributed by atoms with E-state index in [9.17, 15) is 14.4 Å². The molecule has 8 nitrogen and oxygen atoms in total. The zero-order valence-corrected chi connectivity index (χ0v) is 17.2. The van der Waals surface area contributed by atoms with Gasteiger partial charge in [-0.25, -0.2) is 9.78 Å². The Kier molecular flexibility index (Phi) is 6.28. The van der Waals surface area contributed by atoms with E-state index in [0.717, 1.165) is 23.1 Å². The normalized spacial score (nSPS) is 11.4. The first kappa shape index (κ1) is 20.5. The summed E-state index contributed by atoms with van der Waals surface area (Å²) in [4.78, 5) is 45.3. The zero-order chi connectivity index (χ0) is 21.0. The van der Waals surface area contributed by atoms with Crippen LogP contribution in [0.15, 0.2) is 39.9 Å². The van der Waals surface area contributed by atoms with Gasteiger partial charge >= 0.3 is 5.69 Å². The highest BCUT2D eigenvalue weighted by Gasteiger charge is 2.21. The van der Waals surface area contributed by atoms with Crippen LogP contribution in [-0.2, 0) is 11.3 Å². The number of nitrogens with one attached hydrogen (secondary N) is 1. The molecule has 0 aliphatic rings. The highest BCUT2D eigenvalue weighted by atomic mass is 32.1. The number of carbonyl (C=O) groups is 1. The maximum Gasteiger partial charge on any atom is 0.330 e. The molecule has 0 saturated heterocycles. The molecule has 3 aromatic rings. The van der Waals surface area contributed by atoms with E-state index in [1.54, 1.807) is 13.0 Å². The van der Waals surface area contributed by atoms with Gasteiger partial charge in [0, 0.05) is 19.2 Å². The summed E-state index contributed by atoms with van der Waals surface area (Å²) < 4.78 is 2.32. The standard InChI is InChI=1S/C20H23N5O3S/c1-3-5-12-25-18(21)17(19(27)23-20(25)28)24(4-2)16(26)11-10-15-22-13-8-6-7-9-14(13)29-15/h6-11H,3-5,12,21H2,1-2H3,(H,23,27,28)/b11-10+. The number of benzene rings is 1. The van der Waals surface area contributed by atoms with Gasteiger partial charge in [-0.15, -0.1) is 11.3 Å². The Morgan fingerprint density at radius 1 is 1.31 bits per heavy atom. The van der Waals surface area contributed by atoms with Gasteiger partial charge in [-0.2, -0.15) is 0 Å². The number of aromatic amines is 1. The molecular weight excluding hydrogens is 390 g/mol. The molecule has 0 atom stereocenters. The maximum atomic E-state index is 12.8. The number of fused-ring (bicyclic) bond motifs is 1. The number of nitrogens with zero attached hydrogens (tertiary/aromatic N) is 3. The molecule has 29 heavy (non-hydrogen) atoms. The van der Waals surface area contributed by atoms with Gasteiger partial charge in [0.05, 0.1) is 10.2 Å². The number of H-pyrrole nitrogens is 1. The Hall–Kier alpha value is -3.20. The minimum Gasteiger partial charge on any atom is -0.383 e. The van der Waals surface area contributed by atoms with Crippen LogP contribution in [0.25, 0.3) is 16.3 Å². The van der Waals surface area contributed by atoms with Gasteiger partial charge in [0.15, 0.2) is 5.69 Å². The third-order valence-electron chi connectivity index (χ3n) is 4.48. The number of para-hydroxylation sites is 1. The summed E-state index contributed by atoms with van der Waals surface area (Å²) in [6, 6.07) is 7.70. The summed E-state index contributed by atoms with van der Waals surface area (Å²) >= 11 is 1.47. The molecule has 0 saturated carbocycles. The molecule has 0 aliphatic carbocycles. The Morgan fingerprint density at radius 3 is 2.76 bits per heavy atom. The van der Waals surface area contributed by atoms with Gasteiger partial charge in [-0.05, 0) is 31.6 Å². The van der Waals surface area contributed by atoms with Gasteiger partial charge in [0.2, 0.25) is 0 Å². The fourth-order valence-electron chi connectivity index (χ4n) is 2.99. The van der Waals surface area contributed by atoms with Crippen molar-refractivity contribution < 1.29 is 4.79 Å². The molecule has 0 radical (unpaired) electrons. The average molecular weight is 414 g/mol. The number of thiazole rings is 1. The number of amides is 1. The lowest BCUT2D eigenvalue weighted by Gasteiger charge is -2.21. The number of unbranched alkanes of at least 4 members (excludes halogenated alkanes) is 1. The minimum absolute atomic E-state index is 0.00390. The van der Waals surface area contributed by atoms with Crippen LogP contribution in [0.4, 0.5) is 11.5 Å². The molecule has 2 heterocycles. The van der Waals surface area contributed by atoms with Crippen LogP contribution >= 0.6 is 11.3 Å². The summed E-state index contributed by atoms with van der Waals surface area (Å²) in [5, 5.41) is 0.686. The van der Waals surface area contributed by atoms with E-state index in [4.69, 9.17) is 5.73 Å². The minimum atomic E-state index is -0.677. The third-order valence-corrected chi connectivity index (χ3v) is 5.48. The van der Waals surface area contributed by atoms with Crippen molar-refractivity contribution >= 4 is 45.0 Å². The zero-order valence-electron chi connectivity index (χ0n) is 16.3. The van der Waals surface area contributed by atoms with Gasteiger partial charge < -0.3 is 10.6 Å². The average Bonchev–Trinajstić information content (AvgIpc) is 3.12. The molecule has 9 heteroatoms. The van der Waals surface area contributed by atoms with E-state index in [1.165, 1.54) is 26.9 Å². The second-order valence-corrected chi connectivity index (χ2v) is 7.50. The van der Waals surface area contributed by atoms with Crippen LogP contribution in [0, 0.1) is 0 Å². The summed E-state index contributed by atoms with van der Waals surface area (Å²) in [6.07, 6.45) is 4.57. The van der Waals surface area contributed by atoms with Crippen LogP contribution in [0.1, 0.15) is 31.7 Å². The number of hydrogen-bond donors (Lipinski definition) is 2. The number of likely N-dealkylation sites (N-methyl/N-ethyl adjacent to an activating group) is 1. The quantitative estimate of drug-likeness (QED) is 0.578. The second kappa shape index (κ2) is 8.87. The van der Waals surface area contributed by atoms with Crippen molar-refractivity contribution in [2.45, 2.75) is 33.2 Å². The third kappa shape index (κ3) is 4.29.